The van der Waals surface area contributed by atoms with Crippen LogP contribution in [0.15, 0.2) is 0 Å². The fraction of sp³-hybridized carbons (Fsp3) is 1.00. The normalized spacial score (nSPS) is 33.8. The molecule has 1 aliphatic carbocycles. The molecule has 4 N–H and O–H groups in total. The van der Waals surface area contributed by atoms with Gasteiger partial charge in [0.1, 0.15) is 0 Å². The summed E-state index contributed by atoms with van der Waals surface area (Å²) in [5, 5.41) is 5.28. The Morgan fingerprint density at radius 3 is 2.12 bits per heavy atom. The van der Waals surface area contributed by atoms with Crippen LogP contribution in [0.4, 0.5) is 26.3 Å². The molecular weight excluding hydrogens is 362 g/mol. The van der Waals surface area contributed by atoms with Gasteiger partial charge in [0.25, 0.3) is 5.92 Å². The van der Waals surface area contributed by atoms with Crippen LogP contribution in [0.5, 0.6) is 0 Å². The average molecular weight is 390 g/mol. The van der Waals surface area contributed by atoms with Crippen molar-refractivity contribution >= 4 is 0 Å². The van der Waals surface area contributed by atoms with Gasteiger partial charge in [0.15, 0.2) is 6.17 Å². The Morgan fingerprint density at radius 1 is 1.08 bits per heavy atom. The molecule has 4 unspecified atom stereocenters. The first-order chi connectivity index (χ1) is 12.0. The van der Waals surface area contributed by atoms with Crippen molar-refractivity contribution in [3.05, 3.63) is 0 Å². The van der Waals surface area contributed by atoms with E-state index in [2.05, 4.69) is 10.6 Å². The minimum Gasteiger partial charge on any atom is -0.313 e. The molecule has 1 heterocycles. The van der Waals surface area contributed by atoms with E-state index in [-0.39, 0.29) is 31.6 Å². The molecule has 0 spiro atoms. The molecule has 2 fully saturated rings. The molecule has 1 saturated carbocycles. The number of nitrogens with zero attached hydrogens (tertiary/aromatic N) is 1. The molecule has 0 bridgehead atoms. The summed E-state index contributed by atoms with van der Waals surface area (Å²) in [4.78, 5) is 1.36. The van der Waals surface area contributed by atoms with Gasteiger partial charge in [-0.25, -0.2) is 13.2 Å². The molecule has 1 aliphatic heterocycles. The summed E-state index contributed by atoms with van der Waals surface area (Å²) in [6.07, 6.45) is -8.13. The summed E-state index contributed by atoms with van der Waals surface area (Å²) in [5.41, 5.74) is 5.65. The van der Waals surface area contributed by atoms with E-state index in [9.17, 15) is 26.3 Å². The van der Waals surface area contributed by atoms with Crippen molar-refractivity contribution in [1.82, 2.24) is 15.5 Å². The first kappa shape index (κ1) is 21.7. The average Bonchev–Trinajstić information content (AvgIpc) is 2.89. The molecule has 0 aromatic heterocycles. The Hall–Kier alpha value is -0.580. The van der Waals surface area contributed by atoms with Gasteiger partial charge in [0.05, 0.1) is 24.8 Å². The highest BCUT2D eigenvalue weighted by Gasteiger charge is 2.53. The van der Waals surface area contributed by atoms with Crippen molar-refractivity contribution in [2.45, 2.75) is 68.7 Å². The van der Waals surface area contributed by atoms with Crippen LogP contribution in [0, 0.1) is 11.8 Å². The van der Waals surface area contributed by atoms with E-state index in [4.69, 9.17) is 5.73 Å². The second-order valence-electron chi connectivity index (χ2n) is 7.45. The number of halogens is 6. The summed E-state index contributed by atoms with van der Waals surface area (Å²) in [7, 11) is 2.94. The number of hydrogen-bond acceptors (Lipinski definition) is 4. The Morgan fingerprint density at radius 2 is 1.65 bits per heavy atom. The van der Waals surface area contributed by atoms with Gasteiger partial charge in [0, 0.05) is 12.5 Å². The largest absolute Gasteiger partial charge is 0.391 e. The highest BCUT2D eigenvalue weighted by molar-refractivity contribution is 4.99. The van der Waals surface area contributed by atoms with E-state index < -0.39 is 55.5 Å². The van der Waals surface area contributed by atoms with Crippen molar-refractivity contribution in [2.24, 2.45) is 17.6 Å². The lowest BCUT2D eigenvalue weighted by Gasteiger charge is -2.41. The van der Waals surface area contributed by atoms with Gasteiger partial charge in [-0.05, 0) is 45.7 Å². The molecule has 2 rings (SSSR count). The number of nitrogens with two attached hydrogens (primary N) is 1. The van der Waals surface area contributed by atoms with E-state index in [1.54, 1.807) is 0 Å². The highest BCUT2D eigenvalue weighted by Crippen LogP contribution is 2.45. The third-order valence-corrected chi connectivity index (χ3v) is 5.76. The lowest BCUT2D eigenvalue weighted by atomic mass is 9.77. The summed E-state index contributed by atoms with van der Waals surface area (Å²) < 4.78 is 81.4. The van der Waals surface area contributed by atoms with Crippen molar-refractivity contribution in [2.75, 3.05) is 20.6 Å². The molecule has 26 heavy (non-hydrogen) atoms. The maximum atomic E-state index is 14.6. The molecule has 2 aliphatic rings. The second kappa shape index (κ2) is 8.20. The second-order valence-corrected chi connectivity index (χ2v) is 7.45. The van der Waals surface area contributed by atoms with Gasteiger partial charge in [0.2, 0.25) is 0 Å². The fourth-order valence-electron chi connectivity index (χ4n) is 4.31. The van der Waals surface area contributed by atoms with Crippen LogP contribution in [0.25, 0.3) is 0 Å². The Labute approximate surface area is 149 Å². The van der Waals surface area contributed by atoms with Gasteiger partial charge in [-0.3, -0.25) is 4.90 Å². The molecule has 0 amide bonds. The topological polar surface area (TPSA) is 53.3 Å². The van der Waals surface area contributed by atoms with E-state index in [0.29, 0.717) is 0 Å². The zero-order chi connectivity index (χ0) is 19.7. The Bertz CT molecular complexity index is 453. The van der Waals surface area contributed by atoms with Gasteiger partial charge in [-0.15, -0.1) is 0 Å². The van der Waals surface area contributed by atoms with Crippen LogP contribution in [-0.2, 0) is 0 Å². The van der Waals surface area contributed by atoms with Gasteiger partial charge in [-0.2, -0.15) is 13.2 Å². The molecule has 1 saturated heterocycles. The Balaban J connectivity index is 2.12. The van der Waals surface area contributed by atoms with E-state index in [0.717, 1.165) is 0 Å². The van der Waals surface area contributed by atoms with E-state index in [1.807, 2.05) is 0 Å². The number of rotatable bonds is 6. The molecule has 154 valence electrons. The molecule has 0 aromatic rings. The maximum absolute atomic E-state index is 14.6. The summed E-state index contributed by atoms with van der Waals surface area (Å²) in [5.74, 6) is -4.68. The number of nitrogens with one attached hydrogen (secondary N) is 2. The number of likely N-dealkylation sites (tertiary alicyclic amines) is 1. The van der Waals surface area contributed by atoms with E-state index in [1.165, 1.54) is 19.0 Å². The molecular formula is C16H28F6N4. The lowest BCUT2D eigenvalue weighted by Crippen LogP contribution is -2.61. The maximum Gasteiger partial charge on any atom is 0.391 e. The van der Waals surface area contributed by atoms with Crippen LogP contribution in [0.1, 0.15) is 32.1 Å². The molecule has 0 aromatic carbocycles. The first-order valence-electron chi connectivity index (χ1n) is 8.94. The number of hydrogen-bond donors (Lipinski definition) is 3. The summed E-state index contributed by atoms with van der Waals surface area (Å²) in [6, 6.07) is -0.668. The SMILES string of the molecule is CNC(N)C(F)C(NC)N1CC(F)(F)CC1C1CCC(C(F)(F)F)CC1. The predicted octanol–water partition coefficient (Wildman–Crippen LogP) is 2.45. The standard InChI is InChI=1S/C16H28F6N4/c1-24-13(23)12(17)14(25-2)26-8-15(18,19)7-11(26)9-3-5-10(6-4-9)16(20,21)22/h9-14,24-25H,3-8,23H2,1-2H3. The first-order valence-corrected chi connectivity index (χ1v) is 8.94. The van der Waals surface area contributed by atoms with Gasteiger partial charge in [-0.1, -0.05) is 0 Å². The molecule has 0 radical (unpaired) electrons. The summed E-state index contributed by atoms with van der Waals surface area (Å²) >= 11 is 0. The third-order valence-electron chi connectivity index (χ3n) is 5.76. The lowest BCUT2D eigenvalue weighted by molar-refractivity contribution is -0.185. The molecule has 4 nitrogen and oxygen atoms in total. The Kier molecular flexibility index (Phi) is 6.85. The minimum atomic E-state index is -4.25. The third kappa shape index (κ3) is 4.82. The fourth-order valence-corrected chi connectivity index (χ4v) is 4.31. The van der Waals surface area contributed by atoms with E-state index >= 15 is 0 Å². The quantitative estimate of drug-likeness (QED) is 0.482. The zero-order valence-corrected chi connectivity index (χ0v) is 15.0. The zero-order valence-electron chi connectivity index (χ0n) is 15.0. The van der Waals surface area contributed by atoms with Crippen LogP contribution in [-0.4, -0.2) is 62.2 Å². The van der Waals surface area contributed by atoms with Crippen molar-refractivity contribution in [3.8, 4) is 0 Å². The van der Waals surface area contributed by atoms with Crippen LogP contribution < -0.4 is 16.4 Å². The van der Waals surface area contributed by atoms with Crippen molar-refractivity contribution in [3.63, 3.8) is 0 Å². The smallest absolute Gasteiger partial charge is 0.313 e. The van der Waals surface area contributed by atoms with Gasteiger partial charge >= 0.3 is 6.18 Å². The number of alkyl halides is 6. The molecule has 10 heteroatoms. The molecule has 4 atom stereocenters. The highest BCUT2D eigenvalue weighted by atomic mass is 19.4. The van der Waals surface area contributed by atoms with Crippen molar-refractivity contribution in [1.29, 1.82) is 0 Å². The summed E-state index contributed by atoms with van der Waals surface area (Å²) in [6.45, 7) is -0.626. The predicted molar refractivity (Wildman–Crippen MR) is 86.3 cm³/mol. The van der Waals surface area contributed by atoms with Crippen molar-refractivity contribution < 1.29 is 26.3 Å². The van der Waals surface area contributed by atoms with Crippen LogP contribution >= 0.6 is 0 Å². The minimum absolute atomic E-state index is 0.0661. The van der Waals surface area contributed by atoms with Crippen LogP contribution in [0.2, 0.25) is 0 Å². The monoisotopic (exact) mass is 390 g/mol. The van der Waals surface area contributed by atoms with Gasteiger partial charge < -0.3 is 16.4 Å². The van der Waals surface area contributed by atoms with Crippen LogP contribution in [0.3, 0.4) is 0 Å².